The zero-order valence-corrected chi connectivity index (χ0v) is 27.6. The lowest BCUT2D eigenvalue weighted by molar-refractivity contribution is -0.142. The third kappa shape index (κ3) is 10.4. The number of aromatic nitrogens is 2. The number of benzene rings is 1. The van der Waals surface area contributed by atoms with Crippen LogP contribution in [0.5, 0.6) is 5.75 Å². The molecule has 3 rings (SSSR count). The summed E-state index contributed by atoms with van der Waals surface area (Å²) < 4.78 is 79.4. The van der Waals surface area contributed by atoms with Crippen molar-refractivity contribution in [3.8, 4) is 5.75 Å². The Hall–Kier alpha value is -3.21. The van der Waals surface area contributed by atoms with Gasteiger partial charge in [0.15, 0.2) is 5.03 Å². The second-order valence-corrected chi connectivity index (χ2v) is 13.8. The van der Waals surface area contributed by atoms with Gasteiger partial charge < -0.3 is 29.4 Å². The first-order chi connectivity index (χ1) is 21.5. The summed E-state index contributed by atoms with van der Waals surface area (Å²) in [6.45, 7) is 5.28. The molecule has 46 heavy (non-hydrogen) atoms. The summed E-state index contributed by atoms with van der Waals surface area (Å²) in [5.74, 6) is -1.61. The molecule has 0 saturated carbocycles. The Balaban J connectivity index is 1.94. The van der Waals surface area contributed by atoms with E-state index in [1.54, 1.807) is 14.0 Å². The number of anilines is 1. The van der Waals surface area contributed by atoms with Crippen molar-refractivity contribution >= 4 is 27.5 Å². The molecule has 0 fully saturated rings. The fourth-order valence-electron chi connectivity index (χ4n) is 4.97. The van der Waals surface area contributed by atoms with E-state index in [9.17, 15) is 36.3 Å². The fourth-order valence-corrected chi connectivity index (χ4v) is 6.12. The molecule has 0 aliphatic carbocycles. The highest BCUT2D eigenvalue weighted by molar-refractivity contribution is 7.89. The first-order valence-corrected chi connectivity index (χ1v) is 16.6. The number of sulfonamides is 1. The van der Waals surface area contributed by atoms with E-state index in [0.717, 1.165) is 0 Å². The van der Waals surface area contributed by atoms with Crippen molar-refractivity contribution in [3.63, 3.8) is 0 Å². The molecule has 2 heterocycles. The van der Waals surface area contributed by atoms with Crippen molar-refractivity contribution in [1.82, 2.24) is 18.8 Å². The van der Waals surface area contributed by atoms with Gasteiger partial charge in [-0.15, -0.1) is 0 Å². The average molecular weight is 676 g/mol. The number of aliphatic hydroxyl groups excluding tert-OH is 1. The Morgan fingerprint density at radius 3 is 2.61 bits per heavy atom. The predicted octanol–water partition coefficient (Wildman–Crippen LogP) is 3.82. The van der Waals surface area contributed by atoms with Crippen LogP contribution in [0.25, 0.3) is 0 Å². The Bertz CT molecular complexity index is 1440. The second kappa shape index (κ2) is 16.1. The van der Waals surface area contributed by atoms with Crippen LogP contribution in [-0.2, 0) is 26.6 Å². The van der Waals surface area contributed by atoms with Crippen LogP contribution in [-0.4, -0.2) is 102 Å². The molecule has 1 aliphatic rings. The van der Waals surface area contributed by atoms with Gasteiger partial charge in [-0.1, -0.05) is 6.92 Å². The topological polar surface area (TPSA) is 143 Å². The molecule has 12 nitrogen and oxygen atoms in total. The monoisotopic (exact) mass is 675 g/mol. The first-order valence-electron chi connectivity index (χ1n) is 15.2. The average Bonchev–Trinajstić information content (AvgIpc) is 3.44. The number of carbonyl (C=O) groups is 2. The number of carbonyl (C=O) groups excluding carboxylic acids is 2. The van der Waals surface area contributed by atoms with E-state index < -0.39 is 65.5 Å². The maximum atomic E-state index is 14.1. The Labute approximate surface area is 267 Å². The van der Waals surface area contributed by atoms with Crippen molar-refractivity contribution in [2.45, 2.75) is 82.3 Å². The molecule has 1 aromatic heterocycles. The summed E-state index contributed by atoms with van der Waals surface area (Å²) >= 11 is 0. The summed E-state index contributed by atoms with van der Waals surface area (Å²) in [5.41, 5.74) is 0.168. The zero-order valence-electron chi connectivity index (χ0n) is 26.8. The van der Waals surface area contributed by atoms with Gasteiger partial charge in [0.05, 0.1) is 43.2 Å². The number of nitrogens with one attached hydrogen (secondary N) is 1. The molecule has 4 atom stereocenters. The van der Waals surface area contributed by atoms with Gasteiger partial charge >= 0.3 is 6.18 Å². The summed E-state index contributed by atoms with van der Waals surface area (Å²) in [6.07, 6.45) is -2.74. The molecule has 2 amide bonds. The smallest absolute Gasteiger partial charge is 0.389 e. The summed E-state index contributed by atoms with van der Waals surface area (Å²) in [4.78, 5) is 31.8. The van der Waals surface area contributed by atoms with Gasteiger partial charge in [-0.3, -0.25) is 9.59 Å². The lowest BCUT2D eigenvalue weighted by atomic mass is 10.0. The quantitative estimate of drug-likeness (QED) is 0.409. The van der Waals surface area contributed by atoms with E-state index in [0.29, 0.717) is 25.9 Å². The number of hydrogen-bond donors (Lipinski definition) is 2. The number of fused-ring (bicyclic) bond motifs is 1. The Morgan fingerprint density at radius 1 is 1.26 bits per heavy atom. The molecule has 2 aromatic rings. The number of alkyl halides is 3. The van der Waals surface area contributed by atoms with Gasteiger partial charge in [0.2, 0.25) is 5.91 Å². The van der Waals surface area contributed by atoms with Gasteiger partial charge in [0.1, 0.15) is 5.75 Å². The molecule has 2 N–H and O–H groups in total. The van der Waals surface area contributed by atoms with E-state index in [2.05, 4.69) is 10.3 Å². The van der Waals surface area contributed by atoms with Crippen molar-refractivity contribution in [2.24, 2.45) is 13.0 Å². The number of imidazole rings is 1. The lowest BCUT2D eigenvalue weighted by Crippen LogP contribution is -2.48. The van der Waals surface area contributed by atoms with Crippen LogP contribution < -0.4 is 10.1 Å². The van der Waals surface area contributed by atoms with Gasteiger partial charge in [0, 0.05) is 58.0 Å². The number of ether oxygens (including phenoxy) is 2. The fraction of sp³-hybridized carbons (Fsp3) is 0.633. The maximum Gasteiger partial charge on any atom is 0.389 e. The van der Waals surface area contributed by atoms with Crippen LogP contribution in [0.2, 0.25) is 0 Å². The number of hydrogen-bond acceptors (Lipinski definition) is 8. The van der Waals surface area contributed by atoms with Crippen molar-refractivity contribution in [1.29, 1.82) is 0 Å². The highest BCUT2D eigenvalue weighted by Gasteiger charge is 2.33. The van der Waals surface area contributed by atoms with Gasteiger partial charge in [-0.05, 0) is 51.3 Å². The van der Waals surface area contributed by atoms with Gasteiger partial charge in [-0.25, -0.2) is 13.4 Å². The van der Waals surface area contributed by atoms with E-state index in [-0.39, 0.29) is 41.2 Å². The van der Waals surface area contributed by atoms with Crippen LogP contribution >= 0.6 is 0 Å². The molecule has 0 bridgehead atoms. The van der Waals surface area contributed by atoms with Crippen LogP contribution in [0.15, 0.2) is 35.7 Å². The highest BCUT2D eigenvalue weighted by atomic mass is 32.2. The second-order valence-electron chi connectivity index (χ2n) is 11.8. The third-order valence-electron chi connectivity index (χ3n) is 7.76. The normalized spacial score (nSPS) is 21.3. The van der Waals surface area contributed by atoms with Crippen LogP contribution in [0, 0.1) is 5.92 Å². The van der Waals surface area contributed by atoms with Gasteiger partial charge in [0.25, 0.3) is 15.9 Å². The first kappa shape index (κ1) is 37.2. The molecular weight excluding hydrogens is 631 g/mol. The number of amides is 2. The van der Waals surface area contributed by atoms with Crippen LogP contribution in [0.1, 0.15) is 63.2 Å². The van der Waals surface area contributed by atoms with E-state index in [4.69, 9.17) is 9.47 Å². The molecule has 0 spiro atoms. The molecule has 258 valence electrons. The van der Waals surface area contributed by atoms with Crippen LogP contribution in [0.4, 0.5) is 18.9 Å². The highest BCUT2D eigenvalue weighted by Crippen LogP contribution is 2.29. The zero-order chi connectivity index (χ0) is 34.2. The lowest BCUT2D eigenvalue weighted by Gasteiger charge is -2.35. The Kier molecular flexibility index (Phi) is 13.0. The number of aryl methyl sites for hydroxylation is 1. The SMILES string of the molecule is C[C@H](CO)N1C[C@H](C)[C@H](CN(C)S(=O)(=O)c2cn(C)cn2)OCCCC[C@H](C)Oc2ccc(NC(=O)CCC(F)(F)F)cc2C1=O. The Morgan fingerprint density at radius 2 is 1.98 bits per heavy atom. The molecular formula is C30H44F3N5O7S. The summed E-state index contributed by atoms with van der Waals surface area (Å²) in [7, 11) is -0.835. The number of nitrogens with zero attached hydrogens (tertiary/aromatic N) is 4. The van der Waals surface area contributed by atoms with Crippen molar-refractivity contribution in [2.75, 3.05) is 38.7 Å². The summed E-state index contributed by atoms with van der Waals surface area (Å²) in [6, 6.07) is 3.61. The molecule has 16 heteroatoms. The molecule has 0 unspecified atom stereocenters. The minimum atomic E-state index is -4.49. The molecule has 1 aromatic carbocycles. The van der Waals surface area contributed by atoms with Crippen LogP contribution in [0.3, 0.4) is 0 Å². The standard InChI is InChI=1S/C30H44F3N5O7S/c1-20-15-38(21(2)18-39)29(41)24-14-23(35-27(40)11-12-30(31,32)33)9-10-25(24)45-22(3)8-6-7-13-44-26(20)16-37(5)46(42,43)28-17-36(4)19-34-28/h9-10,14,17,19-22,26,39H,6-8,11-13,15-16,18H2,1-5H3,(H,35,40)/t20-,21+,22-,26-/m0/s1. The van der Waals surface area contributed by atoms with E-state index in [1.807, 2.05) is 13.8 Å². The third-order valence-corrected chi connectivity index (χ3v) is 9.47. The largest absolute Gasteiger partial charge is 0.490 e. The maximum absolute atomic E-state index is 14.1. The predicted molar refractivity (Wildman–Crippen MR) is 164 cm³/mol. The number of halogens is 3. The number of aliphatic hydroxyl groups is 1. The molecule has 1 aliphatic heterocycles. The minimum absolute atomic E-state index is 0.0280. The van der Waals surface area contributed by atoms with E-state index in [1.165, 1.54) is 51.5 Å². The van der Waals surface area contributed by atoms with Crippen molar-refractivity contribution < 1.29 is 45.8 Å². The van der Waals surface area contributed by atoms with Gasteiger partial charge in [-0.2, -0.15) is 17.5 Å². The molecule has 0 saturated heterocycles. The molecule has 0 radical (unpaired) electrons. The number of likely N-dealkylation sites (N-methyl/N-ethyl adjacent to an activating group) is 1. The van der Waals surface area contributed by atoms with E-state index >= 15 is 0 Å². The van der Waals surface area contributed by atoms with Crippen molar-refractivity contribution in [3.05, 3.63) is 36.3 Å². The summed E-state index contributed by atoms with van der Waals surface area (Å²) in [5, 5.41) is 12.4. The minimum Gasteiger partial charge on any atom is -0.490 e. The number of rotatable bonds is 9.